The molecule has 0 radical (unpaired) electrons. The number of piperidine rings is 1. The van der Waals surface area contributed by atoms with Crippen LogP contribution in [0.2, 0.25) is 5.02 Å². The van der Waals surface area contributed by atoms with E-state index in [0.29, 0.717) is 28.6 Å². The Labute approximate surface area is 157 Å². The third kappa shape index (κ3) is 4.26. The molecule has 0 unspecified atom stereocenters. The van der Waals surface area contributed by atoms with E-state index in [2.05, 4.69) is 10.6 Å². The zero-order chi connectivity index (χ0) is 18.5. The van der Waals surface area contributed by atoms with Crippen molar-refractivity contribution in [2.24, 2.45) is 0 Å². The molecular formula is C19H20ClN3O3. The predicted molar refractivity (Wildman–Crippen MR) is 103 cm³/mol. The van der Waals surface area contributed by atoms with Crippen molar-refractivity contribution in [3.8, 4) is 5.75 Å². The first kappa shape index (κ1) is 18.1. The highest BCUT2D eigenvalue weighted by Gasteiger charge is 2.19. The monoisotopic (exact) mass is 373 g/mol. The van der Waals surface area contributed by atoms with Crippen LogP contribution in [0.1, 0.15) is 19.3 Å². The van der Waals surface area contributed by atoms with Gasteiger partial charge in [0.05, 0.1) is 12.8 Å². The van der Waals surface area contributed by atoms with Crippen LogP contribution in [0.15, 0.2) is 42.5 Å². The maximum absolute atomic E-state index is 12.2. The van der Waals surface area contributed by atoms with Gasteiger partial charge in [-0.2, -0.15) is 0 Å². The number of halogens is 1. The fourth-order valence-corrected chi connectivity index (χ4v) is 3.04. The molecule has 1 heterocycles. The summed E-state index contributed by atoms with van der Waals surface area (Å²) in [7, 11) is 1.52. The van der Waals surface area contributed by atoms with Gasteiger partial charge in [-0.1, -0.05) is 11.6 Å². The number of hydrogen-bond donors (Lipinski definition) is 2. The maximum Gasteiger partial charge on any atom is 0.323 e. The molecule has 2 aromatic carbocycles. The van der Waals surface area contributed by atoms with E-state index >= 15 is 0 Å². The average molecular weight is 374 g/mol. The lowest BCUT2D eigenvalue weighted by molar-refractivity contribution is -0.119. The SMILES string of the molecule is COc1ccc(Cl)cc1NC(=O)Nc1ccc(N2CCCCC2=O)cc1. The molecule has 1 aliphatic heterocycles. The molecule has 6 nitrogen and oxygen atoms in total. The molecule has 0 saturated carbocycles. The van der Waals surface area contributed by atoms with Crippen LogP contribution in [0.25, 0.3) is 0 Å². The molecule has 26 heavy (non-hydrogen) atoms. The number of rotatable bonds is 4. The number of methoxy groups -OCH3 is 1. The molecule has 0 bridgehead atoms. The Kier molecular flexibility index (Phi) is 5.63. The zero-order valence-electron chi connectivity index (χ0n) is 14.4. The molecular weight excluding hydrogens is 354 g/mol. The predicted octanol–water partition coefficient (Wildman–Crippen LogP) is 4.51. The average Bonchev–Trinajstić information content (AvgIpc) is 2.63. The van der Waals surface area contributed by atoms with Crippen molar-refractivity contribution in [2.75, 3.05) is 29.2 Å². The fourth-order valence-electron chi connectivity index (χ4n) is 2.87. The lowest BCUT2D eigenvalue weighted by Gasteiger charge is -2.26. The summed E-state index contributed by atoms with van der Waals surface area (Å²) < 4.78 is 5.21. The smallest absolute Gasteiger partial charge is 0.323 e. The molecule has 0 spiro atoms. The number of ether oxygens (including phenoxy) is 1. The number of nitrogens with zero attached hydrogens (tertiary/aromatic N) is 1. The Morgan fingerprint density at radius 1 is 1.12 bits per heavy atom. The third-order valence-electron chi connectivity index (χ3n) is 4.17. The fraction of sp³-hybridized carbons (Fsp3) is 0.263. The number of benzene rings is 2. The largest absolute Gasteiger partial charge is 0.495 e. The van der Waals surface area contributed by atoms with Gasteiger partial charge in [0.2, 0.25) is 5.91 Å². The lowest BCUT2D eigenvalue weighted by atomic mass is 10.1. The van der Waals surface area contributed by atoms with E-state index in [-0.39, 0.29) is 5.91 Å². The Bertz CT molecular complexity index is 808. The van der Waals surface area contributed by atoms with Crippen LogP contribution in [0, 0.1) is 0 Å². The summed E-state index contributed by atoms with van der Waals surface area (Å²) in [6.07, 6.45) is 2.54. The first-order valence-electron chi connectivity index (χ1n) is 8.39. The van der Waals surface area contributed by atoms with Gasteiger partial charge in [0.15, 0.2) is 0 Å². The molecule has 1 fully saturated rings. The second-order valence-electron chi connectivity index (χ2n) is 5.97. The lowest BCUT2D eigenvalue weighted by Crippen LogP contribution is -2.35. The van der Waals surface area contributed by atoms with Gasteiger partial charge in [0.1, 0.15) is 5.75 Å². The van der Waals surface area contributed by atoms with Crippen LogP contribution in [0.4, 0.5) is 21.9 Å². The second-order valence-corrected chi connectivity index (χ2v) is 6.41. The molecule has 0 aromatic heterocycles. The number of hydrogen-bond acceptors (Lipinski definition) is 3. The number of amides is 3. The molecule has 3 amide bonds. The van der Waals surface area contributed by atoms with Crippen molar-refractivity contribution in [1.82, 2.24) is 0 Å². The molecule has 0 atom stereocenters. The van der Waals surface area contributed by atoms with E-state index in [4.69, 9.17) is 16.3 Å². The molecule has 1 saturated heterocycles. The molecule has 136 valence electrons. The van der Waals surface area contributed by atoms with Crippen LogP contribution < -0.4 is 20.3 Å². The van der Waals surface area contributed by atoms with Crippen molar-refractivity contribution >= 4 is 40.6 Å². The Morgan fingerprint density at radius 3 is 2.58 bits per heavy atom. The minimum absolute atomic E-state index is 0.141. The summed E-state index contributed by atoms with van der Waals surface area (Å²) >= 11 is 5.96. The normalized spacial score (nSPS) is 14.1. The van der Waals surface area contributed by atoms with Crippen LogP contribution in [-0.2, 0) is 4.79 Å². The third-order valence-corrected chi connectivity index (χ3v) is 4.41. The van der Waals surface area contributed by atoms with Gasteiger partial charge in [-0.25, -0.2) is 4.79 Å². The number of carbonyl (C=O) groups is 2. The second kappa shape index (κ2) is 8.10. The van der Waals surface area contributed by atoms with E-state index in [1.54, 1.807) is 35.2 Å². The highest BCUT2D eigenvalue weighted by atomic mass is 35.5. The van der Waals surface area contributed by atoms with Gasteiger partial charge >= 0.3 is 6.03 Å². The summed E-state index contributed by atoms with van der Waals surface area (Å²) in [6.45, 7) is 0.737. The van der Waals surface area contributed by atoms with Crippen LogP contribution >= 0.6 is 11.6 Å². The van der Waals surface area contributed by atoms with Gasteiger partial charge in [-0.05, 0) is 55.3 Å². The van der Waals surface area contributed by atoms with E-state index in [9.17, 15) is 9.59 Å². The summed E-state index contributed by atoms with van der Waals surface area (Å²) in [5, 5.41) is 5.96. The van der Waals surface area contributed by atoms with Crippen LogP contribution in [0.3, 0.4) is 0 Å². The Balaban J connectivity index is 1.65. The van der Waals surface area contributed by atoms with Gasteiger partial charge in [0, 0.05) is 29.4 Å². The molecule has 3 rings (SSSR count). The van der Waals surface area contributed by atoms with Gasteiger partial charge in [-0.15, -0.1) is 0 Å². The maximum atomic E-state index is 12.2. The zero-order valence-corrected chi connectivity index (χ0v) is 15.2. The van der Waals surface area contributed by atoms with E-state index in [1.807, 2.05) is 12.1 Å². The van der Waals surface area contributed by atoms with Gasteiger partial charge in [-0.3, -0.25) is 4.79 Å². The number of anilines is 3. The molecule has 2 aromatic rings. The van der Waals surface area contributed by atoms with Crippen molar-refractivity contribution in [3.63, 3.8) is 0 Å². The molecule has 0 aliphatic carbocycles. The highest BCUT2D eigenvalue weighted by molar-refractivity contribution is 6.31. The Morgan fingerprint density at radius 2 is 1.88 bits per heavy atom. The summed E-state index contributed by atoms with van der Waals surface area (Å²) in [5.74, 6) is 0.659. The van der Waals surface area contributed by atoms with Crippen LogP contribution in [-0.4, -0.2) is 25.6 Å². The Hall–Kier alpha value is -2.73. The summed E-state index contributed by atoms with van der Waals surface area (Å²) in [5.41, 5.74) is 1.95. The topological polar surface area (TPSA) is 70.7 Å². The first-order chi connectivity index (χ1) is 12.6. The van der Waals surface area contributed by atoms with Gasteiger partial charge < -0.3 is 20.3 Å². The highest BCUT2D eigenvalue weighted by Crippen LogP contribution is 2.28. The quantitative estimate of drug-likeness (QED) is 0.828. The summed E-state index contributed by atoms with van der Waals surface area (Å²) in [6, 6.07) is 11.8. The number of urea groups is 1. The van der Waals surface area contributed by atoms with Crippen LogP contribution in [0.5, 0.6) is 5.75 Å². The standard InChI is InChI=1S/C19H20ClN3O3/c1-26-17-10-5-13(20)12-16(17)22-19(25)21-14-6-8-15(9-7-14)23-11-3-2-4-18(23)24/h5-10,12H,2-4,11H2,1H3,(H2,21,22,25). The number of nitrogens with one attached hydrogen (secondary N) is 2. The van der Waals surface area contributed by atoms with Gasteiger partial charge in [0.25, 0.3) is 0 Å². The van der Waals surface area contributed by atoms with Crippen molar-refractivity contribution in [3.05, 3.63) is 47.5 Å². The minimum atomic E-state index is -0.410. The van der Waals surface area contributed by atoms with E-state index in [1.165, 1.54) is 7.11 Å². The van der Waals surface area contributed by atoms with E-state index < -0.39 is 6.03 Å². The first-order valence-corrected chi connectivity index (χ1v) is 8.76. The molecule has 1 aliphatic rings. The molecule has 2 N–H and O–H groups in total. The molecule has 7 heteroatoms. The van der Waals surface area contributed by atoms with Crippen molar-refractivity contribution in [2.45, 2.75) is 19.3 Å². The minimum Gasteiger partial charge on any atom is -0.495 e. The number of carbonyl (C=O) groups excluding carboxylic acids is 2. The van der Waals surface area contributed by atoms with Crippen molar-refractivity contribution < 1.29 is 14.3 Å². The van der Waals surface area contributed by atoms with E-state index in [0.717, 1.165) is 25.1 Å². The summed E-state index contributed by atoms with van der Waals surface area (Å²) in [4.78, 5) is 26.0. The van der Waals surface area contributed by atoms with Crippen molar-refractivity contribution in [1.29, 1.82) is 0 Å².